The number of hydrogen-bond acceptors (Lipinski definition) is 3. The molecule has 1 aromatic carbocycles. The van der Waals surface area contributed by atoms with Gasteiger partial charge in [-0.05, 0) is 5.56 Å². The Bertz CT molecular complexity index is 301. The predicted octanol–water partition coefficient (Wildman–Crippen LogP) is 0.829. The van der Waals surface area contributed by atoms with Gasteiger partial charge in [-0.2, -0.15) is 0 Å². The zero-order chi connectivity index (χ0) is 11.1. The van der Waals surface area contributed by atoms with Gasteiger partial charge in [-0.15, -0.1) is 0 Å². The van der Waals surface area contributed by atoms with Crippen LogP contribution in [0.25, 0.3) is 0 Å². The van der Waals surface area contributed by atoms with Gasteiger partial charge in [-0.25, -0.2) is 5.48 Å². The Kier molecular flexibility index (Phi) is 4.80. The number of amides is 1. The number of nitrogens with two attached hydrogens (primary N) is 1. The highest BCUT2D eigenvalue weighted by molar-refractivity contribution is 5.76. The largest absolute Gasteiger partial charge is 0.369 e. The number of nitrogens with one attached hydrogen (secondary N) is 1. The van der Waals surface area contributed by atoms with Gasteiger partial charge in [-0.3, -0.25) is 9.63 Å². The van der Waals surface area contributed by atoms with Crippen LogP contribution in [0.1, 0.15) is 12.5 Å². The van der Waals surface area contributed by atoms with Gasteiger partial charge in [0, 0.05) is 12.5 Å². The predicted molar refractivity (Wildman–Crippen MR) is 57.6 cm³/mol. The summed E-state index contributed by atoms with van der Waals surface area (Å²) in [6.45, 7) is 2.66. The molecule has 1 rings (SSSR count). The van der Waals surface area contributed by atoms with Crippen LogP contribution < -0.4 is 11.2 Å². The Morgan fingerprint density at radius 2 is 2.13 bits per heavy atom. The van der Waals surface area contributed by atoms with Crippen LogP contribution in [0.15, 0.2) is 30.3 Å². The quantitative estimate of drug-likeness (QED) is 0.537. The van der Waals surface area contributed by atoms with Crippen molar-refractivity contribution >= 4 is 5.91 Å². The Balaban J connectivity index is 2.15. The van der Waals surface area contributed by atoms with Crippen molar-refractivity contribution < 1.29 is 9.63 Å². The molecule has 0 heterocycles. The Labute approximate surface area is 89.4 Å². The molecule has 0 aromatic heterocycles. The molecule has 82 valence electrons. The molecule has 0 bridgehead atoms. The maximum atomic E-state index is 10.7. The van der Waals surface area contributed by atoms with Gasteiger partial charge in [0.25, 0.3) is 0 Å². The van der Waals surface area contributed by atoms with Gasteiger partial charge < -0.3 is 5.73 Å². The molecule has 0 saturated carbocycles. The molecule has 0 aliphatic rings. The van der Waals surface area contributed by atoms with Crippen LogP contribution in [0, 0.1) is 5.92 Å². The Hall–Kier alpha value is -1.39. The third-order valence-corrected chi connectivity index (χ3v) is 2.06. The fourth-order valence-electron chi connectivity index (χ4n) is 0.993. The highest BCUT2D eigenvalue weighted by Gasteiger charge is 2.07. The van der Waals surface area contributed by atoms with Crippen molar-refractivity contribution in [3.63, 3.8) is 0 Å². The van der Waals surface area contributed by atoms with Gasteiger partial charge in [0.1, 0.15) is 0 Å². The van der Waals surface area contributed by atoms with Gasteiger partial charge in [0.15, 0.2) is 0 Å². The van der Waals surface area contributed by atoms with Gasteiger partial charge in [0.2, 0.25) is 5.91 Å². The van der Waals surface area contributed by atoms with Crippen molar-refractivity contribution in [3.05, 3.63) is 35.9 Å². The highest BCUT2D eigenvalue weighted by atomic mass is 16.6. The number of benzene rings is 1. The molecule has 0 aliphatic carbocycles. The summed E-state index contributed by atoms with van der Waals surface area (Å²) in [4.78, 5) is 15.9. The minimum Gasteiger partial charge on any atom is -0.369 e. The van der Waals surface area contributed by atoms with E-state index in [0.717, 1.165) is 5.56 Å². The number of carbonyl (C=O) groups excluding carboxylic acids is 1. The number of hydroxylamine groups is 1. The first-order chi connectivity index (χ1) is 7.20. The van der Waals surface area contributed by atoms with E-state index in [1.165, 1.54) is 0 Å². The molecule has 1 aromatic rings. The van der Waals surface area contributed by atoms with E-state index >= 15 is 0 Å². The van der Waals surface area contributed by atoms with E-state index in [4.69, 9.17) is 10.6 Å². The number of carbonyl (C=O) groups is 1. The average Bonchev–Trinajstić information content (AvgIpc) is 2.25. The molecule has 4 heteroatoms. The number of primary amides is 1. The third kappa shape index (κ3) is 4.58. The lowest BCUT2D eigenvalue weighted by Gasteiger charge is -2.09. The Morgan fingerprint density at radius 3 is 2.73 bits per heavy atom. The van der Waals surface area contributed by atoms with Crippen LogP contribution in [0.3, 0.4) is 0 Å². The fourth-order valence-corrected chi connectivity index (χ4v) is 0.993. The second-order valence-electron chi connectivity index (χ2n) is 3.43. The monoisotopic (exact) mass is 208 g/mol. The lowest BCUT2D eigenvalue weighted by atomic mass is 10.2. The normalized spacial score (nSPS) is 12.3. The molecule has 0 saturated heterocycles. The van der Waals surface area contributed by atoms with Crippen LogP contribution in [-0.4, -0.2) is 12.5 Å². The maximum Gasteiger partial charge on any atom is 0.221 e. The van der Waals surface area contributed by atoms with E-state index < -0.39 is 0 Å². The minimum atomic E-state index is -0.328. The van der Waals surface area contributed by atoms with Crippen molar-refractivity contribution in [1.82, 2.24) is 5.48 Å². The highest BCUT2D eigenvalue weighted by Crippen LogP contribution is 1.99. The Morgan fingerprint density at radius 1 is 1.47 bits per heavy atom. The van der Waals surface area contributed by atoms with E-state index in [0.29, 0.717) is 13.2 Å². The average molecular weight is 208 g/mol. The van der Waals surface area contributed by atoms with Crippen LogP contribution in [-0.2, 0) is 16.2 Å². The number of rotatable bonds is 6. The van der Waals surface area contributed by atoms with Crippen LogP contribution in [0.5, 0.6) is 0 Å². The number of hydrogen-bond donors (Lipinski definition) is 2. The van der Waals surface area contributed by atoms with Crippen molar-refractivity contribution in [2.24, 2.45) is 11.7 Å². The van der Waals surface area contributed by atoms with E-state index in [1.807, 2.05) is 30.3 Å². The summed E-state index contributed by atoms with van der Waals surface area (Å²) in [5.41, 5.74) is 8.89. The minimum absolute atomic E-state index is 0.222. The third-order valence-electron chi connectivity index (χ3n) is 2.06. The first-order valence-corrected chi connectivity index (χ1v) is 4.88. The van der Waals surface area contributed by atoms with Crippen molar-refractivity contribution in [2.45, 2.75) is 13.5 Å². The summed E-state index contributed by atoms with van der Waals surface area (Å²) in [5.74, 6) is -0.549. The summed E-state index contributed by atoms with van der Waals surface area (Å²) in [6.07, 6.45) is 0. The maximum absolute atomic E-state index is 10.7. The molecule has 1 unspecified atom stereocenters. The van der Waals surface area contributed by atoms with E-state index in [1.54, 1.807) is 6.92 Å². The summed E-state index contributed by atoms with van der Waals surface area (Å²) in [5, 5.41) is 0. The topological polar surface area (TPSA) is 64.3 Å². The smallest absolute Gasteiger partial charge is 0.221 e. The molecule has 0 radical (unpaired) electrons. The summed E-state index contributed by atoms with van der Waals surface area (Å²) in [6, 6.07) is 9.79. The first kappa shape index (κ1) is 11.7. The fraction of sp³-hybridized carbons (Fsp3) is 0.364. The molecule has 15 heavy (non-hydrogen) atoms. The van der Waals surface area contributed by atoms with Crippen LogP contribution >= 0.6 is 0 Å². The van der Waals surface area contributed by atoms with Crippen molar-refractivity contribution in [1.29, 1.82) is 0 Å². The van der Waals surface area contributed by atoms with Crippen LogP contribution in [0.4, 0.5) is 0 Å². The van der Waals surface area contributed by atoms with Gasteiger partial charge in [0.05, 0.1) is 6.61 Å². The van der Waals surface area contributed by atoms with Gasteiger partial charge >= 0.3 is 0 Å². The van der Waals surface area contributed by atoms with E-state index in [-0.39, 0.29) is 11.8 Å². The SMILES string of the molecule is CC(CNOCc1ccccc1)C(N)=O. The van der Waals surface area contributed by atoms with Gasteiger partial charge in [-0.1, -0.05) is 37.3 Å². The second kappa shape index (κ2) is 6.16. The first-order valence-electron chi connectivity index (χ1n) is 4.88. The summed E-state index contributed by atoms with van der Waals surface area (Å²) >= 11 is 0. The van der Waals surface area contributed by atoms with Crippen molar-refractivity contribution in [2.75, 3.05) is 6.54 Å². The molecule has 1 atom stereocenters. The molecule has 1 amide bonds. The zero-order valence-electron chi connectivity index (χ0n) is 8.77. The van der Waals surface area contributed by atoms with E-state index in [9.17, 15) is 4.79 Å². The molecule has 0 aliphatic heterocycles. The molecule has 0 fully saturated rings. The molecular formula is C11H16N2O2. The summed E-state index contributed by atoms with van der Waals surface area (Å²) in [7, 11) is 0. The standard InChI is InChI=1S/C11H16N2O2/c1-9(11(12)14)7-13-15-8-10-5-3-2-4-6-10/h2-6,9,13H,7-8H2,1H3,(H2,12,14). The van der Waals surface area contributed by atoms with Crippen LogP contribution in [0.2, 0.25) is 0 Å². The van der Waals surface area contributed by atoms with Crippen molar-refractivity contribution in [3.8, 4) is 0 Å². The summed E-state index contributed by atoms with van der Waals surface area (Å²) < 4.78 is 0. The zero-order valence-corrected chi connectivity index (χ0v) is 8.77. The van der Waals surface area contributed by atoms with E-state index in [2.05, 4.69) is 5.48 Å². The lowest BCUT2D eigenvalue weighted by molar-refractivity contribution is -0.122. The molecule has 0 spiro atoms. The molecular weight excluding hydrogens is 192 g/mol. The molecule has 4 nitrogen and oxygen atoms in total. The molecule has 3 N–H and O–H groups in total. The lowest BCUT2D eigenvalue weighted by Crippen LogP contribution is -2.30. The second-order valence-corrected chi connectivity index (χ2v) is 3.43.